The zero-order valence-electron chi connectivity index (χ0n) is 16.9. The maximum atomic E-state index is 13.1. The third-order valence-corrected chi connectivity index (χ3v) is 6.13. The van der Waals surface area contributed by atoms with Crippen molar-refractivity contribution >= 4 is 44.9 Å². The molecule has 8 heteroatoms. The van der Waals surface area contributed by atoms with Crippen LogP contribution in [-0.4, -0.2) is 34.3 Å². The lowest BCUT2D eigenvalue weighted by Gasteiger charge is -2.21. The fourth-order valence-electron chi connectivity index (χ4n) is 3.05. The highest BCUT2D eigenvalue weighted by Gasteiger charge is 2.45. The molecule has 0 spiro atoms. The van der Waals surface area contributed by atoms with E-state index in [0.29, 0.717) is 10.9 Å². The van der Waals surface area contributed by atoms with Crippen molar-refractivity contribution in [2.45, 2.75) is 32.4 Å². The Bertz CT molecular complexity index is 1090. The number of thiazole rings is 1. The molecule has 2 aromatic carbocycles. The van der Waals surface area contributed by atoms with Crippen molar-refractivity contribution in [2.24, 2.45) is 10.9 Å². The molecule has 0 aliphatic carbocycles. The number of carbonyl (C=O) groups excluding carboxylic acids is 2. The zero-order chi connectivity index (χ0) is 21.3. The molecule has 30 heavy (non-hydrogen) atoms. The second kappa shape index (κ2) is 7.87. The lowest BCUT2D eigenvalue weighted by atomic mass is 9.89. The molecule has 1 aliphatic heterocycles. The van der Waals surface area contributed by atoms with E-state index in [-0.39, 0.29) is 17.7 Å². The topological polar surface area (TPSA) is 92.7 Å². The molecule has 0 fully saturated rings. The molecule has 0 bridgehead atoms. The van der Waals surface area contributed by atoms with Crippen LogP contribution >= 0.6 is 11.3 Å². The van der Waals surface area contributed by atoms with Crippen LogP contribution in [0.3, 0.4) is 0 Å². The molecular weight excluding hydrogens is 400 g/mol. The van der Waals surface area contributed by atoms with Crippen molar-refractivity contribution in [2.75, 3.05) is 5.32 Å². The van der Waals surface area contributed by atoms with E-state index in [2.05, 4.69) is 20.6 Å². The van der Waals surface area contributed by atoms with Crippen LogP contribution in [0.1, 0.15) is 20.8 Å². The summed E-state index contributed by atoms with van der Waals surface area (Å²) in [6, 6.07) is 16.7. The van der Waals surface area contributed by atoms with Gasteiger partial charge in [0.15, 0.2) is 5.84 Å². The van der Waals surface area contributed by atoms with Gasteiger partial charge in [-0.1, -0.05) is 55.5 Å². The van der Waals surface area contributed by atoms with E-state index in [4.69, 9.17) is 4.74 Å². The van der Waals surface area contributed by atoms with Crippen LogP contribution in [0, 0.1) is 5.92 Å². The quantitative estimate of drug-likeness (QED) is 0.634. The van der Waals surface area contributed by atoms with E-state index in [1.807, 2.05) is 56.3 Å². The molecule has 1 aromatic heterocycles. The second-order valence-electron chi connectivity index (χ2n) is 7.55. The number of carbonyl (C=O) groups is 2. The Balaban J connectivity index is 1.67. The van der Waals surface area contributed by atoms with E-state index in [1.165, 1.54) is 11.3 Å². The summed E-state index contributed by atoms with van der Waals surface area (Å²) >= 11 is 1.33. The summed E-state index contributed by atoms with van der Waals surface area (Å²) in [5.74, 6) is -0.551. The molecule has 0 saturated heterocycles. The highest BCUT2D eigenvalue weighted by molar-refractivity contribution is 7.20. The fourth-order valence-corrected chi connectivity index (χ4v) is 3.89. The standard InChI is InChI=1S/C22H22N4O3S/c1-13(2)22(3)20(28)25-18(26-22)17(19(27)23-14-9-5-4-6-10-14)29-21-24-15-11-7-8-12-16(15)30-21/h4-13,17H,1-3H3,(H,23,27)(H,25,26,28). The molecule has 2 N–H and O–H groups in total. The van der Waals surface area contributed by atoms with Crippen LogP contribution in [-0.2, 0) is 9.59 Å². The number of hydrogen-bond acceptors (Lipinski definition) is 6. The molecule has 2 amide bonds. The number of nitrogens with zero attached hydrogens (tertiary/aromatic N) is 2. The molecule has 2 unspecified atom stereocenters. The number of anilines is 1. The SMILES string of the molecule is CC(C)C1(C)N=C(C(Oc2nc3ccccc3s2)C(=O)Nc2ccccc2)NC1=O. The van der Waals surface area contributed by atoms with Gasteiger partial charge in [0, 0.05) is 5.69 Å². The minimum absolute atomic E-state index is 0.0460. The van der Waals surface area contributed by atoms with Gasteiger partial charge in [-0.05, 0) is 37.1 Å². The van der Waals surface area contributed by atoms with Crippen LogP contribution in [0.15, 0.2) is 59.6 Å². The molecule has 2 atom stereocenters. The van der Waals surface area contributed by atoms with E-state index < -0.39 is 17.6 Å². The third kappa shape index (κ3) is 3.78. The van der Waals surface area contributed by atoms with Crippen molar-refractivity contribution in [3.05, 3.63) is 54.6 Å². The third-order valence-electron chi connectivity index (χ3n) is 5.20. The van der Waals surface area contributed by atoms with Gasteiger partial charge in [0.05, 0.1) is 10.2 Å². The molecule has 1 aliphatic rings. The summed E-state index contributed by atoms with van der Waals surface area (Å²) in [4.78, 5) is 34.7. The first kappa shape index (κ1) is 20.0. The van der Waals surface area contributed by atoms with Crippen LogP contribution in [0.25, 0.3) is 10.2 Å². The maximum absolute atomic E-state index is 13.1. The number of benzene rings is 2. The Hall–Kier alpha value is -3.26. The first-order valence-electron chi connectivity index (χ1n) is 9.66. The molecule has 0 radical (unpaired) electrons. The highest BCUT2D eigenvalue weighted by atomic mass is 32.1. The van der Waals surface area contributed by atoms with Gasteiger partial charge >= 0.3 is 0 Å². The molecule has 0 saturated carbocycles. The van der Waals surface area contributed by atoms with Crippen molar-refractivity contribution in [3.8, 4) is 5.19 Å². The van der Waals surface area contributed by atoms with Gasteiger partial charge in [0.25, 0.3) is 17.0 Å². The van der Waals surface area contributed by atoms with Gasteiger partial charge in [-0.15, -0.1) is 0 Å². The number of rotatable bonds is 6. The lowest BCUT2D eigenvalue weighted by Crippen LogP contribution is -2.47. The van der Waals surface area contributed by atoms with Crippen LogP contribution in [0.5, 0.6) is 5.19 Å². The normalized spacial score (nSPS) is 19.5. The van der Waals surface area contributed by atoms with Crippen LogP contribution < -0.4 is 15.4 Å². The summed E-state index contributed by atoms with van der Waals surface area (Å²) in [5, 5.41) is 5.91. The second-order valence-corrected chi connectivity index (χ2v) is 8.55. The minimum atomic E-state index is -1.14. The molecule has 4 rings (SSSR count). The number of ether oxygens (including phenoxy) is 1. The summed E-state index contributed by atoms with van der Waals surface area (Å²) in [5.41, 5.74) is 0.443. The predicted octanol–water partition coefficient (Wildman–Crippen LogP) is 3.63. The van der Waals surface area contributed by atoms with E-state index >= 15 is 0 Å². The maximum Gasteiger partial charge on any atom is 0.275 e. The Morgan fingerprint density at radius 3 is 2.50 bits per heavy atom. The minimum Gasteiger partial charge on any atom is -0.448 e. The van der Waals surface area contributed by atoms with Gasteiger partial charge in [0.1, 0.15) is 5.54 Å². The zero-order valence-corrected chi connectivity index (χ0v) is 17.7. The summed E-state index contributed by atoms with van der Waals surface area (Å²) < 4.78 is 6.93. The number of hydrogen-bond donors (Lipinski definition) is 2. The Labute approximate surface area is 178 Å². The largest absolute Gasteiger partial charge is 0.448 e. The Kier molecular flexibility index (Phi) is 5.26. The van der Waals surface area contributed by atoms with Gasteiger partial charge in [-0.25, -0.2) is 4.98 Å². The Morgan fingerprint density at radius 2 is 1.83 bits per heavy atom. The van der Waals surface area contributed by atoms with Crippen molar-refractivity contribution < 1.29 is 14.3 Å². The first-order chi connectivity index (χ1) is 14.4. The molecule has 2 heterocycles. The first-order valence-corrected chi connectivity index (χ1v) is 10.5. The summed E-state index contributed by atoms with van der Waals surface area (Å²) in [7, 11) is 0. The average molecular weight is 423 g/mol. The van der Waals surface area contributed by atoms with Crippen LogP contribution in [0.4, 0.5) is 5.69 Å². The summed E-state index contributed by atoms with van der Waals surface area (Å²) in [6.07, 6.45) is -1.14. The lowest BCUT2D eigenvalue weighted by molar-refractivity contribution is -0.124. The van der Waals surface area contributed by atoms with Gasteiger partial charge in [0.2, 0.25) is 6.10 Å². The Morgan fingerprint density at radius 1 is 1.13 bits per heavy atom. The van der Waals surface area contributed by atoms with E-state index in [0.717, 1.165) is 10.2 Å². The number of amidine groups is 1. The molecular formula is C22H22N4O3S. The highest BCUT2D eigenvalue weighted by Crippen LogP contribution is 2.30. The number of amides is 2. The smallest absolute Gasteiger partial charge is 0.275 e. The van der Waals surface area contributed by atoms with Gasteiger partial charge in [-0.3, -0.25) is 14.6 Å². The average Bonchev–Trinajstić information content (AvgIpc) is 3.27. The van der Waals surface area contributed by atoms with Crippen molar-refractivity contribution in [1.82, 2.24) is 10.3 Å². The predicted molar refractivity (Wildman–Crippen MR) is 118 cm³/mol. The summed E-state index contributed by atoms with van der Waals surface area (Å²) in [6.45, 7) is 5.59. The van der Waals surface area contributed by atoms with Crippen molar-refractivity contribution in [3.63, 3.8) is 0 Å². The molecule has 3 aromatic rings. The number of aromatic nitrogens is 1. The fraction of sp³-hybridized carbons (Fsp3) is 0.273. The van der Waals surface area contributed by atoms with E-state index in [1.54, 1.807) is 19.1 Å². The van der Waals surface area contributed by atoms with Gasteiger partial charge in [-0.2, -0.15) is 0 Å². The number of aliphatic imine (C=N–C) groups is 1. The van der Waals surface area contributed by atoms with Crippen molar-refractivity contribution in [1.29, 1.82) is 0 Å². The van der Waals surface area contributed by atoms with E-state index in [9.17, 15) is 9.59 Å². The number of nitrogens with one attached hydrogen (secondary N) is 2. The number of fused-ring (bicyclic) bond motifs is 1. The van der Waals surface area contributed by atoms with Crippen LogP contribution in [0.2, 0.25) is 0 Å². The number of para-hydroxylation sites is 2. The monoisotopic (exact) mass is 422 g/mol. The van der Waals surface area contributed by atoms with Gasteiger partial charge < -0.3 is 15.4 Å². The molecule has 154 valence electrons. The molecule has 7 nitrogen and oxygen atoms in total.